The van der Waals surface area contributed by atoms with Gasteiger partial charge in [0.25, 0.3) is 0 Å². The summed E-state index contributed by atoms with van der Waals surface area (Å²) in [4.78, 5) is 15.2. The van der Waals surface area contributed by atoms with E-state index in [2.05, 4.69) is 60.6 Å². The lowest BCUT2D eigenvalue weighted by Crippen LogP contribution is -2.29. The van der Waals surface area contributed by atoms with E-state index >= 15 is 0 Å². The first-order valence-electron chi connectivity index (χ1n) is 10.1. The van der Waals surface area contributed by atoms with Gasteiger partial charge in [0.15, 0.2) is 5.78 Å². The van der Waals surface area contributed by atoms with Gasteiger partial charge in [-0.15, -0.1) is 0 Å². The van der Waals surface area contributed by atoms with E-state index in [-0.39, 0.29) is 5.78 Å². The van der Waals surface area contributed by atoms with Crippen LogP contribution in [0.2, 0.25) is 0 Å². The summed E-state index contributed by atoms with van der Waals surface area (Å²) >= 11 is 0. The summed E-state index contributed by atoms with van der Waals surface area (Å²) < 4.78 is 2.43. The molecule has 0 aliphatic heterocycles. The monoisotopic (exact) mass is 352 g/mol. The van der Waals surface area contributed by atoms with Crippen LogP contribution in [0, 0.1) is 13.8 Å². The molecule has 0 N–H and O–H groups in total. The van der Waals surface area contributed by atoms with E-state index in [0.717, 1.165) is 24.3 Å². The highest BCUT2D eigenvalue weighted by atomic mass is 16.1. The summed E-state index contributed by atoms with van der Waals surface area (Å²) in [5.41, 5.74) is 4.58. The highest BCUT2D eigenvalue weighted by Crippen LogP contribution is 2.32. The third kappa shape index (κ3) is 4.27. The van der Waals surface area contributed by atoms with Crippen molar-refractivity contribution < 1.29 is 4.79 Å². The van der Waals surface area contributed by atoms with Gasteiger partial charge >= 0.3 is 0 Å². The van der Waals surface area contributed by atoms with E-state index in [1.807, 2.05) is 6.07 Å². The SMILES string of the molecule is CCN(CC(=O)c1cc(C)n(C2CCCCC2)c1C)Cc1ccccc1. The Morgan fingerprint density at radius 2 is 1.81 bits per heavy atom. The Bertz CT molecular complexity index is 726. The molecule has 0 saturated heterocycles. The van der Waals surface area contributed by atoms with Crippen molar-refractivity contribution in [2.45, 2.75) is 65.5 Å². The predicted molar refractivity (Wildman–Crippen MR) is 108 cm³/mol. The molecule has 0 bridgehead atoms. The summed E-state index contributed by atoms with van der Waals surface area (Å²) in [5.74, 6) is 0.248. The maximum Gasteiger partial charge on any atom is 0.178 e. The highest BCUT2D eigenvalue weighted by molar-refractivity contribution is 5.99. The second kappa shape index (κ2) is 8.68. The van der Waals surface area contributed by atoms with E-state index in [1.54, 1.807) is 0 Å². The maximum absolute atomic E-state index is 13.0. The van der Waals surface area contributed by atoms with Gasteiger partial charge < -0.3 is 4.57 Å². The van der Waals surface area contributed by atoms with Gasteiger partial charge in [0.2, 0.25) is 0 Å². The molecule has 0 radical (unpaired) electrons. The van der Waals surface area contributed by atoms with Gasteiger partial charge in [-0.2, -0.15) is 0 Å². The van der Waals surface area contributed by atoms with Crippen molar-refractivity contribution in [2.24, 2.45) is 0 Å². The molecule has 3 heteroatoms. The van der Waals surface area contributed by atoms with E-state index < -0.39 is 0 Å². The van der Waals surface area contributed by atoms with E-state index in [4.69, 9.17) is 0 Å². The maximum atomic E-state index is 13.0. The van der Waals surface area contributed by atoms with Crippen LogP contribution < -0.4 is 0 Å². The number of aromatic nitrogens is 1. The summed E-state index contributed by atoms with van der Waals surface area (Å²) in [6.45, 7) is 8.59. The quantitative estimate of drug-likeness (QED) is 0.631. The molecule has 1 heterocycles. The molecule has 0 spiro atoms. The first kappa shape index (κ1) is 18.9. The van der Waals surface area contributed by atoms with E-state index in [1.165, 1.54) is 43.4 Å². The Labute approximate surface area is 158 Å². The van der Waals surface area contributed by atoms with Crippen LogP contribution >= 0.6 is 0 Å². The third-order valence-electron chi connectivity index (χ3n) is 5.79. The number of likely N-dealkylation sites (N-methyl/N-ethyl adjacent to an activating group) is 1. The molecule has 0 amide bonds. The van der Waals surface area contributed by atoms with Gasteiger partial charge in [-0.25, -0.2) is 0 Å². The lowest BCUT2D eigenvalue weighted by atomic mass is 9.95. The number of carbonyl (C=O) groups excluding carboxylic acids is 1. The minimum Gasteiger partial charge on any atom is -0.345 e. The average Bonchev–Trinajstić information content (AvgIpc) is 2.97. The molecule has 1 aliphatic carbocycles. The fourth-order valence-electron chi connectivity index (χ4n) is 4.37. The summed E-state index contributed by atoms with van der Waals surface area (Å²) in [6.07, 6.45) is 6.47. The summed E-state index contributed by atoms with van der Waals surface area (Å²) in [7, 11) is 0. The lowest BCUT2D eigenvalue weighted by Gasteiger charge is -2.26. The van der Waals surface area contributed by atoms with Crippen LogP contribution in [0.3, 0.4) is 0 Å². The minimum absolute atomic E-state index is 0.248. The average molecular weight is 353 g/mol. The molecular formula is C23H32N2O. The molecule has 1 aromatic carbocycles. The van der Waals surface area contributed by atoms with Crippen LogP contribution in [0.5, 0.6) is 0 Å². The topological polar surface area (TPSA) is 25.2 Å². The smallest absolute Gasteiger partial charge is 0.178 e. The van der Waals surface area contributed by atoms with Crippen LogP contribution in [0.15, 0.2) is 36.4 Å². The van der Waals surface area contributed by atoms with Gasteiger partial charge in [0, 0.05) is 29.5 Å². The Morgan fingerprint density at radius 3 is 2.46 bits per heavy atom. The third-order valence-corrected chi connectivity index (χ3v) is 5.79. The fourth-order valence-corrected chi connectivity index (χ4v) is 4.37. The fraction of sp³-hybridized carbons (Fsp3) is 0.522. The number of aryl methyl sites for hydroxylation is 1. The minimum atomic E-state index is 0.248. The number of nitrogens with zero attached hydrogens (tertiary/aromatic N) is 2. The number of hydrogen-bond acceptors (Lipinski definition) is 2. The zero-order chi connectivity index (χ0) is 18.5. The predicted octanol–water partition coefficient (Wildman–Crippen LogP) is 5.31. The number of rotatable bonds is 7. The molecule has 0 atom stereocenters. The van der Waals surface area contributed by atoms with Crippen molar-refractivity contribution in [2.75, 3.05) is 13.1 Å². The first-order valence-corrected chi connectivity index (χ1v) is 10.1. The molecule has 3 rings (SSSR count). The standard InChI is InChI=1S/C23H32N2O/c1-4-24(16-20-11-7-5-8-12-20)17-23(26)22-15-18(2)25(19(22)3)21-13-9-6-10-14-21/h5,7-8,11-12,15,21H,4,6,9-10,13-14,16-17H2,1-3H3. The van der Waals surface area contributed by atoms with Gasteiger partial charge in [0.05, 0.1) is 6.54 Å². The summed E-state index contributed by atoms with van der Waals surface area (Å²) in [6, 6.07) is 13.1. The lowest BCUT2D eigenvalue weighted by molar-refractivity contribution is 0.0928. The normalized spacial score (nSPS) is 15.5. The van der Waals surface area contributed by atoms with E-state index in [9.17, 15) is 4.79 Å². The molecular weight excluding hydrogens is 320 g/mol. The molecule has 140 valence electrons. The molecule has 1 aromatic heterocycles. The van der Waals surface area contributed by atoms with Crippen molar-refractivity contribution in [3.63, 3.8) is 0 Å². The highest BCUT2D eigenvalue weighted by Gasteiger charge is 2.23. The van der Waals surface area contributed by atoms with Crippen molar-refractivity contribution in [1.29, 1.82) is 0 Å². The van der Waals surface area contributed by atoms with Crippen LogP contribution in [0.1, 0.15) is 72.4 Å². The summed E-state index contributed by atoms with van der Waals surface area (Å²) in [5, 5.41) is 0. The van der Waals surface area contributed by atoms with Gasteiger partial charge in [-0.3, -0.25) is 9.69 Å². The number of ketones is 1. The van der Waals surface area contributed by atoms with Crippen molar-refractivity contribution in [1.82, 2.24) is 9.47 Å². The number of carbonyl (C=O) groups is 1. The van der Waals surface area contributed by atoms with Gasteiger partial charge in [-0.05, 0) is 44.9 Å². The zero-order valence-electron chi connectivity index (χ0n) is 16.5. The number of Topliss-reactive ketones (excluding diaryl/α,β-unsaturated/α-hetero) is 1. The Balaban J connectivity index is 1.72. The Morgan fingerprint density at radius 1 is 1.12 bits per heavy atom. The molecule has 26 heavy (non-hydrogen) atoms. The second-order valence-electron chi connectivity index (χ2n) is 7.66. The van der Waals surface area contributed by atoms with Gasteiger partial charge in [0.1, 0.15) is 0 Å². The zero-order valence-corrected chi connectivity index (χ0v) is 16.5. The first-order chi connectivity index (χ1) is 12.6. The Kier molecular flexibility index (Phi) is 6.31. The van der Waals surface area contributed by atoms with Crippen LogP contribution in [0.25, 0.3) is 0 Å². The molecule has 1 fully saturated rings. The van der Waals surface area contributed by atoms with Crippen molar-refractivity contribution in [3.8, 4) is 0 Å². The number of benzene rings is 1. The van der Waals surface area contributed by atoms with Gasteiger partial charge in [-0.1, -0.05) is 56.5 Å². The molecule has 2 aromatic rings. The van der Waals surface area contributed by atoms with Crippen LogP contribution in [0.4, 0.5) is 0 Å². The van der Waals surface area contributed by atoms with Crippen LogP contribution in [-0.2, 0) is 6.54 Å². The number of hydrogen-bond donors (Lipinski definition) is 0. The molecule has 1 saturated carbocycles. The Hall–Kier alpha value is -1.87. The molecule has 1 aliphatic rings. The van der Waals surface area contributed by atoms with Crippen molar-refractivity contribution >= 4 is 5.78 Å². The van der Waals surface area contributed by atoms with Crippen LogP contribution in [-0.4, -0.2) is 28.3 Å². The van der Waals surface area contributed by atoms with Crippen molar-refractivity contribution in [3.05, 3.63) is 58.9 Å². The van der Waals surface area contributed by atoms with E-state index in [0.29, 0.717) is 12.6 Å². The molecule has 3 nitrogen and oxygen atoms in total. The second-order valence-corrected chi connectivity index (χ2v) is 7.66. The largest absolute Gasteiger partial charge is 0.345 e. The molecule has 0 unspecified atom stereocenters.